The number of hydrogen-bond acceptors (Lipinski definition) is 4. The Hall–Kier alpha value is -1.42. The summed E-state index contributed by atoms with van der Waals surface area (Å²) in [5.41, 5.74) is 7.93. The summed E-state index contributed by atoms with van der Waals surface area (Å²) in [6.45, 7) is 9.78. The maximum Gasteiger partial charge on any atom is 0.144 e. The Labute approximate surface area is 116 Å². The first-order valence-electron chi connectivity index (χ1n) is 6.81. The van der Waals surface area contributed by atoms with Crippen LogP contribution in [0.5, 0.6) is 5.75 Å². The number of nitrogens with zero attached hydrogens (tertiary/aromatic N) is 1. The lowest BCUT2D eigenvalue weighted by atomic mass is 10.2. The van der Waals surface area contributed by atoms with Gasteiger partial charge in [-0.3, -0.25) is 0 Å². The van der Waals surface area contributed by atoms with Crippen LogP contribution in [0, 0.1) is 0 Å². The molecule has 0 aliphatic rings. The van der Waals surface area contributed by atoms with Crippen LogP contribution in [0.15, 0.2) is 18.2 Å². The van der Waals surface area contributed by atoms with Gasteiger partial charge in [0.15, 0.2) is 0 Å². The van der Waals surface area contributed by atoms with Crippen LogP contribution in [0.4, 0.5) is 11.4 Å². The maximum atomic E-state index is 6.23. The third kappa shape index (κ3) is 4.03. The van der Waals surface area contributed by atoms with Gasteiger partial charge in [-0.15, -0.1) is 0 Å². The van der Waals surface area contributed by atoms with Gasteiger partial charge in [0, 0.05) is 19.7 Å². The Balaban J connectivity index is 3.04. The number of nitrogens with two attached hydrogens (primary N) is 1. The van der Waals surface area contributed by atoms with Crippen LogP contribution in [-0.4, -0.2) is 32.4 Å². The molecule has 0 saturated heterocycles. The van der Waals surface area contributed by atoms with Crippen molar-refractivity contribution in [2.24, 2.45) is 0 Å². The summed E-state index contributed by atoms with van der Waals surface area (Å²) >= 11 is 0. The molecule has 0 aliphatic heterocycles. The molecule has 0 amide bonds. The summed E-state index contributed by atoms with van der Waals surface area (Å²) in [5, 5.41) is 0. The van der Waals surface area contributed by atoms with Crippen LogP contribution in [0.1, 0.15) is 27.7 Å². The van der Waals surface area contributed by atoms with Gasteiger partial charge in [-0.25, -0.2) is 0 Å². The maximum absolute atomic E-state index is 6.23. The number of likely N-dealkylation sites (N-methyl/N-ethyl adjacent to an activating group) is 1. The second-order valence-corrected chi connectivity index (χ2v) is 4.95. The molecule has 0 bridgehead atoms. The van der Waals surface area contributed by atoms with E-state index in [1.807, 2.05) is 32.0 Å². The van der Waals surface area contributed by atoms with Crippen molar-refractivity contribution in [2.45, 2.75) is 39.8 Å². The first kappa shape index (κ1) is 15.6. The molecule has 0 aliphatic carbocycles. The van der Waals surface area contributed by atoms with Crippen molar-refractivity contribution in [3.8, 4) is 5.75 Å². The monoisotopic (exact) mass is 266 g/mol. The highest BCUT2D eigenvalue weighted by Gasteiger charge is 2.17. The predicted molar refractivity (Wildman–Crippen MR) is 81.0 cm³/mol. The Morgan fingerprint density at radius 1 is 1.26 bits per heavy atom. The first-order valence-corrected chi connectivity index (χ1v) is 6.81. The van der Waals surface area contributed by atoms with Crippen LogP contribution in [0.25, 0.3) is 0 Å². The summed E-state index contributed by atoms with van der Waals surface area (Å²) < 4.78 is 11.0. The second-order valence-electron chi connectivity index (χ2n) is 4.95. The molecular weight excluding hydrogens is 240 g/mol. The van der Waals surface area contributed by atoms with E-state index in [9.17, 15) is 0 Å². The van der Waals surface area contributed by atoms with Gasteiger partial charge in [-0.05, 0) is 39.8 Å². The Morgan fingerprint density at radius 2 is 1.95 bits per heavy atom. The average Bonchev–Trinajstić information content (AvgIpc) is 2.34. The van der Waals surface area contributed by atoms with Crippen molar-refractivity contribution >= 4 is 11.4 Å². The summed E-state index contributed by atoms with van der Waals surface area (Å²) in [5.74, 6) is 0.746. The Bertz CT molecular complexity index is 394. The summed E-state index contributed by atoms with van der Waals surface area (Å²) in [4.78, 5) is 2.23. The smallest absolute Gasteiger partial charge is 0.144 e. The van der Waals surface area contributed by atoms with Crippen LogP contribution < -0.4 is 15.4 Å². The third-order valence-corrected chi connectivity index (χ3v) is 3.00. The van der Waals surface area contributed by atoms with E-state index in [1.54, 1.807) is 7.11 Å². The van der Waals surface area contributed by atoms with Crippen molar-refractivity contribution in [2.75, 3.05) is 30.9 Å². The predicted octanol–water partition coefficient (Wildman–Crippen LogP) is 2.92. The fraction of sp³-hybridized carbons (Fsp3) is 0.600. The van der Waals surface area contributed by atoms with Gasteiger partial charge in [0.25, 0.3) is 0 Å². The highest BCUT2D eigenvalue weighted by Crippen LogP contribution is 2.33. The van der Waals surface area contributed by atoms with Gasteiger partial charge in [-0.1, -0.05) is 6.07 Å². The lowest BCUT2D eigenvalue weighted by molar-refractivity contribution is 0.182. The molecule has 1 unspecified atom stereocenters. The topological polar surface area (TPSA) is 47.7 Å². The van der Waals surface area contributed by atoms with E-state index in [0.29, 0.717) is 12.3 Å². The first-order chi connectivity index (χ1) is 9.01. The van der Waals surface area contributed by atoms with Gasteiger partial charge < -0.3 is 20.1 Å². The molecule has 1 atom stereocenters. The van der Waals surface area contributed by atoms with E-state index in [4.69, 9.17) is 15.2 Å². The van der Waals surface area contributed by atoms with Crippen LogP contribution in [0.2, 0.25) is 0 Å². The fourth-order valence-corrected chi connectivity index (χ4v) is 2.19. The molecule has 0 saturated carbocycles. The average molecular weight is 266 g/mol. The van der Waals surface area contributed by atoms with Crippen LogP contribution in [0.3, 0.4) is 0 Å². The molecular formula is C15H26N2O2. The molecule has 0 radical (unpaired) electrons. The highest BCUT2D eigenvalue weighted by atomic mass is 16.5. The van der Waals surface area contributed by atoms with Gasteiger partial charge in [0.1, 0.15) is 5.75 Å². The molecule has 1 rings (SSSR count). The summed E-state index contributed by atoms with van der Waals surface area (Å²) in [6, 6.07) is 6.18. The van der Waals surface area contributed by atoms with Gasteiger partial charge >= 0.3 is 0 Å². The van der Waals surface area contributed by atoms with E-state index in [1.165, 1.54) is 0 Å². The van der Waals surface area contributed by atoms with E-state index < -0.39 is 0 Å². The molecule has 4 nitrogen and oxygen atoms in total. The normalized spacial score (nSPS) is 12.5. The number of methoxy groups -OCH3 is 1. The molecule has 4 heteroatoms. The van der Waals surface area contributed by atoms with Crippen molar-refractivity contribution in [3.63, 3.8) is 0 Å². The van der Waals surface area contributed by atoms with E-state index in [0.717, 1.165) is 18.0 Å². The largest absolute Gasteiger partial charge is 0.489 e. The van der Waals surface area contributed by atoms with E-state index in [-0.39, 0.29) is 12.1 Å². The zero-order valence-corrected chi connectivity index (χ0v) is 12.6. The summed E-state index contributed by atoms with van der Waals surface area (Å²) in [6.07, 6.45) is 0.115. The number of ether oxygens (including phenoxy) is 2. The Kier molecular flexibility index (Phi) is 5.96. The zero-order valence-electron chi connectivity index (χ0n) is 12.6. The van der Waals surface area contributed by atoms with E-state index >= 15 is 0 Å². The number of nitrogen functional groups attached to an aromatic ring is 1. The SMILES string of the molecule is CCN(c1cccc(OC(C)C)c1N)C(C)COC. The third-order valence-electron chi connectivity index (χ3n) is 3.00. The number of para-hydroxylation sites is 1. The molecule has 19 heavy (non-hydrogen) atoms. The van der Waals surface area contributed by atoms with Gasteiger partial charge in [0.05, 0.1) is 24.1 Å². The standard InChI is InChI=1S/C15H26N2O2/c1-6-17(12(4)10-18-5)13-8-7-9-14(15(13)16)19-11(2)3/h7-9,11-12H,6,10,16H2,1-5H3. The Morgan fingerprint density at radius 3 is 2.47 bits per heavy atom. The highest BCUT2D eigenvalue weighted by molar-refractivity contribution is 5.74. The molecule has 0 heterocycles. The summed E-state index contributed by atoms with van der Waals surface area (Å²) in [7, 11) is 1.71. The van der Waals surface area contributed by atoms with Gasteiger partial charge in [-0.2, -0.15) is 0 Å². The van der Waals surface area contributed by atoms with Gasteiger partial charge in [0.2, 0.25) is 0 Å². The van der Waals surface area contributed by atoms with Crippen molar-refractivity contribution in [3.05, 3.63) is 18.2 Å². The minimum atomic E-state index is 0.115. The molecule has 1 aromatic carbocycles. The van der Waals surface area contributed by atoms with E-state index in [2.05, 4.69) is 18.7 Å². The quantitative estimate of drug-likeness (QED) is 0.771. The minimum Gasteiger partial charge on any atom is -0.489 e. The van der Waals surface area contributed by atoms with Crippen molar-refractivity contribution in [1.82, 2.24) is 0 Å². The number of benzene rings is 1. The number of hydrogen-bond donors (Lipinski definition) is 1. The number of rotatable bonds is 7. The lowest BCUT2D eigenvalue weighted by Gasteiger charge is -2.31. The minimum absolute atomic E-state index is 0.115. The molecule has 108 valence electrons. The number of anilines is 2. The molecule has 0 aromatic heterocycles. The second kappa shape index (κ2) is 7.24. The molecule has 0 spiro atoms. The zero-order chi connectivity index (χ0) is 14.4. The molecule has 1 aromatic rings. The van der Waals surface area contributed by atoms with Crippen molar-refractivity contribution in [1.29, 1.82) is 0 Å². The lowest BCUT2D eigenvalue weighted by Crippen LogP contribution is -2.36. The van der Waals surface area contributed by atoms with Crippen LogP contribution >= 0.6 is 0 Å². The molecule has 0 fully saturated rings. The van der Waals surface area contributed by atoms with Crippen molar-refractivity contribution < 1.29 is 9.47 Å². The van der Waals surface area contributed by atoms with Crippen LogP contribution in [-0.2, 0) is 4.74 Å². The molecule has 2 N–H and O–H groups in total. The fourth-order valence-electron chi connectivity index (χ4n) is 2.19.